The van der Waals surface area contributed by atoms with E-state index in [1.54, 1.807) is 0 Å². The van der Waals surface area contributed by atoms with Gasteiger partial charge in [0.1, 0.15) is 0 Å². The minimum atomic E-state index is 0.241. The maximum atomic E-state index is 8.58. The van der Waals surface area contributed by atoms with Crippen molar-refractivity contribution in [2.45, 2.75) is 32.1 Å². The van der Waals surface area contributed by atoms with Gasteiger partial charge in [0.25, 0.3) is 0 Å². The van der Waals surface area contributed by atoms with Crippen LogP contribution in [0.3, 0.4) is 0 Å². The standard InChI is InChI=1S/C10H21NO2/c11-9-10(5-1-3-7-12)6-2-4-8-13/h5,12-13H,1-4,6-9,11H2. The summed E-state index contributed by atoms with van der Waals surface area (Å²) in [5.41, 5.74) is 6.78. The summed E-state index contributed by atoms with van der Waals surface area (Å²) in [6.07, 6.45) is 6.64. The van der Waals surface area contributed by atoms with Crippen LogP contribution in [0.15, 0.2) is 11.6 Å². The molecule has 0 aromatic heterocycles. The van der Waals surface area contributed by atoms with Crippen molar-refractivity contribution >= 4 is 0 Å². The Morgan fingerprint density at radius 2 is 1.77 bits per heavy atom. The summed E-state index contributed by atoms with van der Waals surface area (Å²) in [5.74, 6) is 0. The third kappa shape index (κ3) is 7.96. The van der Waals surface area contributed by atoms with E-state index in [0.29, 0.717) is 6.54 Å². The van der Waals surface area contributed by atoms with Crippen LogP contribution in [0.4, 0.5) is 0 Å². The van der Waals surface area contributed by atoms with E-state index in [2.05, 4.69) is 6.08 Å². The van der Waals surface area contributed by atoms with Crippen molar-refractivity contribution in [2.75, 3.05) is 19.8 Å². The van der Waals surface area contributed by atoms with Gasteiger partial charge in [0.05, 0.1) is 0 Å². The summed E-state index contributed by atoms with van der Waals surface area (Å²) in [4.78, 5) is 0. The molecule has 0 aliphatic carbocycles. The third-order valence-electron chi connectivity index (χ3n) is 1.96. The van der Waals surface area contributed by atoms with E-state index in [-0.39, 0.29) is 13.2 Å². The smallest absolute Gasteiger partial charge is 0.0433 e. The van der Waals surface area contributed by atoms with Crippen molar-refractivity contribution in [3.8, 4) is 0 Å². The molecule has 0 bridgehead atoms. The molecule has 0 aromatic rings. The van der Waals surface area contributed by atoms with Crippen LogP contribution in [0.2, 0.25) is 0 Å². The molecule has 0 atom stereocenters. The number of allylic oxidation sites excluding steroid dienone is 1. The molecule has 0 aliphatic rings. The fourth-order valence-corrected chi connectivity index (χ4v) is 1.15. The van der Waals surface area contributed by atoms with Crippen LogP contribution in [-0.2, 0) is 0 Å². The Morgan fingerprint density at radius 1 is 1.08 bits per heavy atom. The van der Waals surface area contributed by atoms with Gasteiger partial charge in [0, 0.05) is 19.8 Å². The molecular weight excluding hydrogens is 166 g/mol. The molecule has 0 radical (unpaired) electrons. The Hall–Kier alpha value is -0.380. The summed E-state index contributed by atoms with van der Waals surface area (Å²) in [5, 5.41) is 17.2. The molecule has 0 fully saturated rings. The van der Waals surface area contributed by atoms with Crippen molar-refractivity contribution in [3.63, 3.8) is 0 Å². The second-order valence-corrected chi connectivity index (χ2v) is 3.11. The molecule has 13 heavy (non-hydrogen) atoms. The van der Waals surface area contributed by atoms with Crippen LogP contribution in [0, 0.1) is 0 Å². The van der Waals surface area contributed by atoms with Crippen molar-refractivity contribution in [1.82, 2.24) is 0 Å². The second kappa shape index (κ2) is 9.71. The van der Waals surface area contributed by atoms with Crippen LogP contribution in [-0.4, -0.2) is 30.0 Å². The molecule has 0 spiro atoms. The quantitative estimate of drug-likeness (QED) is 0.389. The van der Waals surface area contributed by atoms with Crippen molar-refractivity contribution in [1.29, 1.82) is 0 Å². The number of hydrogen-bond acceptors (Lipinski definition) is 3. The third-order valence-corrected chi connectivity index (χ3v) is 1.96. The summed E-state index contributed by atoms with van der Waals surface area (Å²) in [6, 6.07) is 0. The lowest BCUT2D eigenvalue weighted by Gasteiger charge is -2.03. The molecule has 0 saturated carbocycles. The maximum absolute atomic E-state index is 8.58. The largest absolute Gasteiger partial charge is 0.396 e. The average Bonchev–Trinajstić information content (AvgIpc) is 2.16. The lowest BCUT2D eigenvalue weighted by Crippen LogP contribution is -2.03. The second-order valence-electron chi connectivity index (χ2n) is 3.11. The zero-order chi connectivity index (χ0) is 9.94. The highest BCUT2D eigenvalue weighted by molar-refractivity contribution is 5.03. The summed E-state index contributed by atoms with van der Waals surface area (Å²) < 4.78 is 0. The molecule has 3 nitrogen and oxygen atoms in total. The maximum Gasteiger partial charge on any atom is 0.0433 e. The molecule has 4 N–H and O–H groups in total. The lowest BCUT2D eigenvalue weighted by atomic mass is 10.1. The lowest BCUT2D eigenvalue weighted by molar-refractivity contribution is 0.284. The first-order valence-corrected chi connectivity index (χ1v) is 4.94. The summed E-state index contributed by atoms with van der Waals surface area (Å²) in [6.45, 7) is 1.09. The number of nitrogens with two attached hydrogens (primary N) is 1. The highest BCUT2D eigenvalue weighted by Crippen LogP contribution is 2.07. The van der Waals surface area contributed by atoms with E-state index in [0.717, 1.165) is 32.1 Å². The first-order valence-electron chi connectivity index (χ1n) is 4.94. The van der Waals surface area contributed by atoms with E-state index in [1.807, 2.05) is 0 Å². The van der Waals surface area contributed by atoms with Crippen molar-refractivity contribution < 1.29 is 10.2 Å². The van der Waals surface area contributed by atoms with Crippen LogP contribution in [0.25, 0.3) is 0 Å². The number of hydrogen-bond donors (Lipinski definition) is 3. The van der Waals surface area contributed by atoms with Crippen LogP contribution in [0.5, 0.6) is 0 Å². The molecule has 3 heteroatoms. The van der Waals surface area contributed by atoms with E-state index in [1.165, 1.54) is 5.57 Å². The normalized spacial score (nSPS) is 12.1. The Morgan fingerprint density at radius 3 is 2.31 bits per heavy atom. The average molecular weight is 187 g/mol. The van der Waals surface area contributed by atoms with E-state index >= 15 is 0 Å². The molecule has 0 amide bonds. The number of aliphatic hydroxyl groups excluding tert-OH is 2. The van der Waals surface area contributed by atoms with Crippen LogP contribution < -0.4 is 5.73 Å². The number of rotatable bonds is 8. The van der Waals surface area contributed by atoms with Gasteiger partial charge in [-0.1, -0.05) is 11.6 Å². The fraction of sp³-hybridized carbons (Fsp3) is 0.800. The topological polar surface area (TPSA) is 66.5 Å². The van der Waals surface area contributed by atoms with Gasteiger partial charge in [-0.2, -0.15) is 0 Å². The monoisotopic (exact) mass is 187 g/mol. The van der Waals surface area contributed by atoms with Gasteiger partial charge in [-0.05, 0) is 32.1 Å². The molecule has 0 aliphatic heterocycles. The fourth-order valence-electron chi connectivity index (χ4n) is 1.15. The zero-order valence-electron chi connectivity index (χ0n) is 8.21. The minimum absolute atomic E-state index is 0.241. The predicted molar refractivity (Wildman–Crippen MR) is 54.4 cm³/mol. The molecular formula is C10H21NO2. The zero-order valence-corrected chi connectivity index (χ0v) is 8.21. The number of unbranched alkanes of at least 4 members (excludes halogenated alkanes) is 2. The minimum Gasteiger partial charge on any atom is -0.396 e. The molecule has 78 valence electrons. The van der Waals surface area contributed by atoms with Gasteiger partial charge < -0.3 is 15.9 Å². The Kier molecular flexibility index (Phi) is 9.42. The van der Waals surface area contributed by atoms with Gasteiger partial charge in [-0.3, -0.25) is 0 Å². The molecule has 0 saturated heterocycles. The number of aliphatic hydroxyl groups is 2. The summed E-state index contributed by atoms with van der Waals surface area (Å²) in [7, 11) is 0. The van der Waals surface area contributed by atoms with Crippen molar-refractivity contribution in [2.24, 2.45) is 5.73 Å². The molecule has 0 aromatic carbocycles. The Balaban J connectivity index is 3.54. The van der Waals surface area contributed by atoms with Gasteiger partial charge in [-0.15, -0.1) is 0 Å². The molecule has 0 unspecified atom stereocenters. The van der Waals surface area contributed by atoms with Crippen LogP contribution in [0.1, 0.15) is 32.1 Å². The predicted octanol–water partition coefficient (Wildman–Crippen LogP) is 0.807. The van der Waals surface area contributed by atoms with E-state index in [9.17, 15) is 0 Å². The molecule has 0 heterocycles. The van der Waals surface area contributed by atoms with Crippen molar-refractivity contribution in [3.05, 3.63) is 11.6 Å². The highest BCUT2D eigenvalue weighted by Gasteiger charge is 1.94. The van der Waals surface area contributed by atoms with Gasteiger partial charge >= 0.3 is 0 Å². The van der Waals surface area contributed by atoms with Gasteiger partial charge in [0.15, 0.2) is 0 Å². The summed E-state index contributed by atoms with van der Waals surface area (Å²) >= 11 is 0. The van der Waals surface area contributed by atoms with Crippen LogP contribution >= 0.6 is 0 Å². The van der Waals surface area contributed by atoms with Gasteiger partial charge in [-0.25, -0.2) is 0 Å². The molecule has 0 rings (SSSR count). The first kappa shape index (κ1) is 12.6. The Bertz CT molecular complexity index is 135. The van der Waals surface area contributed by atoms with Gasteiger partial charge in [0.2, 0.25) is 0 Å². The van der Waals surface area contributed by atoms with E-state index in [4.69, 9.17) is 15.9 Å². The highest BCUT2D eigenvalue weighted by atomic mass is 16.3. The SMILES string of the molecule is NCC(=CCCCO)CCCCO. The first-order chi connectivity index (χ1) is 6.35. The van der Waals surface area contributed by atoms with E-state index < -0.39 is 0 Å². The Labute approximate surface area is 80.3 Å².